The van der Waals surface area contributed by atoms with E-state index in [1.54, 1.807) is 29.4 Å². The van der Waals surface area contributed by atoms with Gasteiger partial charge in [0.25, 0.3) is 0 Å². The van der Waals surface area contributed by atoms with Gasteiger partial charge in [0, 0.05) is 35.9 Å². The molecular formula is C22H23ClN4O2S. The molecule has 3 unspecified atom stereocenters. The van der Waals surface area contributed by atoms with Crippen molar-refractivity contribution in [1.29, 1.82) is 0 Å². The van der Waals surface area contributed by atoms with Crippen LogP contribution in [0, 0.1) is 11.8 Å². The smallest absolute Gasteiger partial charge is 0.234 e. The number of amides is 2. The van der Waals surface area contributed by atoms with Gasteiger partial charge in [0.2, 0.25) is 11.8 Å². The van der Waals surface area contributed by atoms with Crippen LogP contribution in [0.4, 0.5) is 0 Å². The molecule has 156 valence electrons. The zero-order valence-corrected chi connectivity index (χ0v) is 18.0. The van der Waals surface area contributed by atoms with Gasteiger partial charge in [-0.05, 0) is 60.8 Å². The maximum atomic E-state index is 13.1. The van der Waals surface area contributed by atoms with Gasteiger partial charge < -0.3 is 10.6 Å². The lowest BCUT2D eigenvalue weighted by atomic mass is 9.76. The molecule has 1 aliphatic carbocycles. The maximum Gasteiger partial charge on any atom is 0.234 e. The van der Waals surface area contributed by atoms with Crippen LogP contribution in [0.2, 0.25) is 5.02 Å². The molecule has 2 aromatic rings. The van der Waals surface area contributed by atoms with Crippen LogP contribution in [0.25, 0.3) is 0 Å². The average Bonchev–Trinajstić information content (AvgIpc) is 2.76. The zero-order chi connectivity index (χ0) is 21.1. The fourth-order valence-corrected chi connectivity index (χ4v) is 4.59. The van der Waals surface area contributed by atoms with Gasteiger partial charge in [0.1, 0.15) is 0 Å². The number of rotatable bonds is 5. The molecule has 2 N–H and O–H groups in total. The fourth-order valence-electron chi connectivity index (χ4n) is 4.16. The summed E-state index contributed by atoms with van der Waals surface area (Å²) in [5, 5.41) is 7.38. The highest BCUT2D eigenvalue weighted by Crippen LogP contribution is 2.33. The number of hydrogen-bond donors (Lipinski definition) is 2. The predicted octanol–water partition coefficient (Wildman–Crippen LogP) is 3.05. The van der Waals surface area contributed by atoms with Crippen molar-refractivity contribution in [1.82, 2.24) is 20.5 Å². The molecule has 6 nitrogen and oxygen atoms in total. The summed E-state index contributed by atoms with van der Waals surface area (Å²) in [4.78, 5) is 31.4. The number of aromatic nitrogens is 1. The number of benzene rings is 1. The minimum atomic E-state index is -0.161. The largest absolute Gasteiger partial charge is 0.359 e. The van der Waals surface area contributed by atoms with Crippen LogP contribution in [0.1, 0.15) is 30.4 Å². The highest BCUT2D eigenvalue weighted by atomic mass is 35.5. The van der Waals surface area contributed by atoms with Crippen molar-refractivity contribution in [3.8, 4) is 0 Å². The first kappa shape index (κ1) is 20.8. The highest BCUT2D eigenvalue weighted by molar-refractivity contribution is 7.80. The molecule has 1 saturated carbocycles. The number of nitrogens with one attached hydrogen (secondary N) is 2. The molecule has 0 radical (unpaired) electrons. The first-order valence-corrected chi connectivity index (χ1v) is 10.8. The molecule has 2 heterocycles. The minimum absolute atomic E-state index is 0.0149. The summed E-state index contributed by atoms with van der Waals surface area (Å²) in [5.41, 5.74) is 1.93. The predicted molar refractivity (Wildman–Crippen MR) is 118 cm³/mol. The number of thiocarbonyl (C=S) groups is 1. The van der Waals surface area contributed by atoms with Crippen LogP contribution in [-0.4, -0.2) is 32.9 Å². The SMILES string of the molecule is O=C(NCc1cccnc1)C1CCC2C(=O)N(Cc3ccc(Cl)cc3)C(=S)NC2C1. The molecule has 1 aliphatic heterocycles. The third-order valence-corrected chi connectivity index (χ3v) is 6.39. The van der Waals surface area contributed by atoms with Crippen molar-refractivity contribution in [3.05, 3.63) is 64.9 Å². The van der Waals surface area contributed by atoms with E-state index < -0.39 is 0 Å². The molecule has 4 rings (SSSR count). The van der Waals surface area contributed by atoms with Crippen molar-refractivity contribution >= 4 is 40.7 Å². The molecule has 2 amide bonds. The van der Waals surface area contributed by atoms with E-state index >= 15 is 0 Å². The molecule has 1 aromatic carbocycles. The van der Waals surface area contributed by atoms with E-state index in [2.05, 4.69) is 15.6 Å². The molecular weight excluding hydrogens is 420 g/mol. The van der Waals surface area contributed by atoms with E-state index in [1.807, 2.05) is 24.3 Å². The Balaban J connectivity index is 1.35. The number of nitrogens with zero attached hydrogens (tertiary/aromatic N) is 2. The summed E-state index contributed by atoms with van der Waals surface area (Å²) in [7, 11) is 0. The Morgan fingerprint density at radius 3 is 2.77 bits per heavy atom. The number of pyridine rings is 1. The number of halogens is 1. The lowest BCUT2D eigenvalue weighted by Crippen LogP contribution is -2.61. The van der Waals surface area contributed by atoms with Gasteiger partial charge in [-0.1, -0.05) is 29.8 Å². The number of fused-ring (bicyclic) bond motifs is 1. The van der Waals surface area contributed by atoms with E-state index in [0.717, 1.165) is 11.1 Å². The molecule has 2 fully saturated rings. The fraction of sp³-hybridized carbons (Fsp3) is 0.364. The summed E-state index contributed by atoms with van der Waals surface area (Å²) in [6.45, 7) is 0.872. The normalized spacial score (nSPS) is 23.5. The summed E-state index contributed by atoms with van der Waals surface area (Å²) in [6.07, 6.45) is 5.41. The van der Waals surface area contributed by atoms with Gasteiger partial charge in [-0.25, -0.2) is 0 Å². The first-order valence-electron chi connectivity index (χ1n) is 10.0. The third kappa shape index (κ3) is 4.63. The van der Waals surface area contributed by atoms with Crippen molar-refractivity contribution in [2.75, 3.05) is 0 Å². The van der Waals surface area contributed by atoms with Gasteiger partial charge in [-0.15, -0.1) is 0 Å². The van der Waals surface area contributed by atoms with Crippen molar-refractivity contribution in [2.45, 2.75) is 38.4 Å². The Labute approximate surface area is 186 Å². The van der Waals surface area contributed by atoms with Gasteiger partial charge in [-0.2, -0.15) is 0 Å². The molecule has 0 spiro atoms. The van der Waals surface area contributed by atoms with E-state index in [4.69, 9.17) is 23.8 Å². The van der Waals surface area contributed by atoms with Gasteiger partial charge >= 0.3 is 0 Å². The monoisotopic (exact) mass is 442 g/mol. The van der Waals surface area contributed by atoms with E-state index in [9.17, 15) is 9.59 Å². The topological polar surface area (TPSA) is 74.3 Å². The number of hydrogen-bond acceptors (Lipinski definition) is 4. The summed E-state index contributed by atoms with van der Waals surface area (Å²) < 4.78 is 0. The first-order chi connectivity index (χ1) is 14.5. The Morgan fingerprint density at radius 1 is 1.23 bits per heavy atom. The zero-order valence-electron chi connectivity index (χ0n) is 16.4. The van der Waals surface area contributed by atoms with Crippen LogP contribution in [-0.2, 0) is 22.7 Å². The maximum absolute atomic E-state index is 13.1. The second kappa shape index (κ2) is 9.10. The van der Waals surface area contributed by atoms with E-state index in [-0.39, 0.29) is 29.7 Å². The molecule has 1 aromatic heterocycles. The van der Waals surface area contributed by atoms with Crippen molar-refractivity contribution < 1.29 is 9.59 Å². The summed E-state index contributed by atoms with van der Waals surface area (Å²) in [5.74, 6) is -0.241. The lowest BCUT2D eigenvalue weighted by molar-refractivity contribution is -0.138. The summed E-state index contributed by atoms with van der Waals surface area (Å²) in [6, 6.07) is 11.1. The summed E-state index contributed by atoms with van der Waals surface area (Å²) >= 11 is 11.4. The van der Waals surface area contributed by atoms with Crippen LogP contribution >= 0.6 is 23.8 Å². The van der Waals surface area contributed by atoms with Crippen LogP contribution < -0.4 is 10.6 Å². The third-order valence-electron chi connectivity index (χ3n) is 5.80. The number of carbonyl (C=O) groups excluding carboxylic acids is 2. The van der Waals surface area contributed by atoms with Crippen LogP contribution in [0.5, 0.6) is 0 Å². The highest BCUT2D eigenvalue weighted by Gasteiger charge is 2.44. The molecule has 30 heavy (non-hydrogen) atoms. The average molecular weight is 443 g/mol. The molecule has 1 saturated heterocycles. The molecule has 2 aliphatic rings. The minimum Gasteiger partial charge on any atom is -0.359 e. The molecule has 0 bridgehead atoms. The van der Waals surface area contributed by atoms with Gasteiger partial charge in [0.05, 0.1) is 12.5 Å². The quantitative estimate of drug-likeness (QED) is 0.696. The van der Waals surface area contributed by atoms with Crippen molar-refractivity contribution in [3.63, 3.8) is 0 Å². The number of carbonyl (C=O) groups is 2. The van der Waals surface area contributed by atoms with E-state index in [1.165, 1.54) is 0 Å². The Morgan fingerprint density at radius 2 is 2.03 bits per heavy atom. The molecule has 3 atom stereocenters. The van der Waals surface area contributed by atoms with Crippen molar-refractivity contribution in [2.24, 2.45) is 11.8 Å². The lowest BCUT2D eigenvalue weighted by Gasteiger charge is -2.43. The second-order valence-corrected chi connectivity index (χ2v) is 8.63. The Bertz CT molecular complexity index is 938. The second-order valence-electron chi connectivity index (χ2n) is 7.80. The van der Waals surface area contributed by atoms with Gasteiger partial charge in [-0.3, -0.25) is 19.5 Å². The standard InChI is InChI=1S/C22H23ClN4O2S/c23-17-6-3-14(4-7-17)13-27-21(29)18-8-5-16(10-19(18)26-22(27)30)20(28)25-12-15-2-1-9-24-11-15/h1-4,6-7,9,11,16,18-19H,5,8,10,12-13H2,(H,25,28)(H,26,30). The molecule has 8 heteroatoms. The Kier molecular flexibility index (Phi) is 6.29. The van der Waals surface area contributed by atoms with E-state index in [0.29, 0.717) is 42.5 Å². The van der Waals surface area contributed by atoms with Gasteiger partial charge in [0.15, 0.2) is 5.11 Å². The van der Waals surface area contributed by atoms with Crippen LogP contribution in [0.3, 0.4) is 0 Å². The van der Waals surface area contributed by atoms with Crippen LogP contribution in [0.15, 0.2) is 48.8 Å². The Hall–Kier alpha value is -2.51.